The number of amides is 1. The van der Waals surface area contributed by atoms with E-state index in [0.29, 0.717) is 17.3 Å². The van der Waals surface area contributed by atoms with E-state index >= 15 is 4.39 Å². The lowest BCUT2D eigenvalue weighted by Gasteiger charge is -2.35. The molecule has 0 atom stereocenters. The van der Waals surface area contributed by atoms with E-state index in [1.54, 1.807) is 37.8 Å². The van der Waals surface area contributed by atoms with E-state index in [2.05, 4.69) is 4.98 Å². The smallest absolute Gasteiger partial charge is 0.251 e. The van der Waals surface area contributed by atoms with Gasteiger partial charge in [-0.2, -0.15) is 5.06 Å². The van der Waals surface area contributed by atoms with Gasteiger partial charge in [0.1, 0.15) is 11.4 Å². The van der Waals surface area contributed by atoms with Gasteiger partial charge in [-0.25, -0.2) is 13.2 Å². The van der Waals surface area contributed by atoms with E-state index < -0.39 is 17.3 Å². The Morgan fingerprint density at radius 1 is 1.30 bits per heavy atom. The van der Waals surface area contributed by atoms with Crippen molar-refractivity contribution in [2.45, 2.75) is 45.1 Å². The second kappa shape index (κ2) is 6.99. The van der Waals surface area contributed by atoms with Gasteiger partial charge in [-0.3, -0.25) is 14.6 Å². The third-order valence-electron chi connectivity index (χ3n) is 4.30. The standard InChI is InChI=1S/C19H22F3N3O2/c1-18(2,3)27-25(12-26)14-11-13-5-4-8-23-16(13)17(15(14)20)24-9-6-19(21,22)7-10-24/h4-5,8,11-12H,6-7,9-10H2,1-3H3. The molecule has 0 spiro atoms. The number of hydroxylamine groups is 1. The van der Waals surface area contributed by atoms with Crippen molar-refractivity contribution in [1.82, 2.24) is 4.98 Å². The number of hydrogen-bond acceptors (Lipinski definition) is 4. The fourth-order valence-electron chi connectivity index (χ4n) is 3.10. The highest BCUT2D eigenvalue weighted by Crippen LogP contribution is 2.39. The largest absolute Gasteiger partial charge is 0.367 e. The quantitative estimate of drug-likeness (QED) is 0.585. The summed E-state index contributed by atoms with van der Waals surface area (Å²) in [5, 5.41) is 1.43. The molecule has 1 aliphatic rings. The number of anilines is 2. The Labute approximate surface area is 155 Å². The number of piperidine rings is 1. The number of hydrogen-bond donors (Lipinski definition) is 0. The van der Waals surface area contributed by atoms with Crippen LogP contribution >= 0.6 is 0 Å². The van der Waals surface area contributed by atoms with Crippen molar-refractivity contribution in [2.24, 2.45) is 0 Å². The molecule has 1 aromatic carbocycles. The molecule has 1 amide bonds. The minimum Gasteiger partial charge on any atom is -0.367 e. The van der Waals surface area contributed by atoms with Crippen LogP contribution < -0.4 is 9.96 Å². The summed E-state index contributed by atoms with van der Waals surface area (Å²) in [7, 11) is 0. The van der Waals surface area contributed by atoms with Crippen molar-refractivity contribution < 1.29 is 22.8 Å². The molecule has 0 unspecified atom stereocenters. The highest BCUT2D eigenvalue weighted by Gasteiger charge is 2.36. The summed E-state index contributed by atoms with van der Waals surface area (Å²) in [4.78, 5) is 22.9. The maximum absolute atomic E-state index is 15.4. The van der Waals surface area contributed by atoms with E-state index in [4.69, 9.17) is 4.84 Å². The monoisotopic (exact) mass is 381 g/mol. The molecule has 1 aromatic heterocycles. The number of fused-ring (bicyclic) bond motifs is 1. The fourth-order valence-corrected chi connectivity index (χ4v) is 3.10. The second-order valence-corrected chi connectivity index (χ2v) is 7.61. The van der Waals surface area contributed by atoms with Crippen LogP contribution in [-0.4, -0.2) is 36.0 Å². The third kappa shape index (κ3) is 4.16. The van der Waals surface area contributed by atoms with E-state index in [1.165, 1.54) is 12.3 Å². The lowest BCUT2D eigenvalue weighted by Crippen LogP contribution is -2.40. The Morgan fingerprint density at radius 2 is 1.96 bits per heavy atom. The van der Waals surface area contributed by atoms with Crippen LogP contribution in [0.15, 0.2) is 24.4 Å². The van der Waals surface area contributed by atoms with Gasteiger partial charge in [0.05, 0.1) is 11.1 Å². The molecular weight excluding hydrogens is 359 g/mol. The van der Waals surface area contributed by atoms with E-state index in [9.17, 15) is 13.6 Å². The first kappa shape index (κ1) is 19.4. The van der Waals surface area contributed by atoms with Crippen molar-refractivity contribution in [3.8, 4) is 0 Å². The van der Waals surface area contributed by atoms with Gasteiger partial charge in [-0.05, 0) is 32.9 Å². The van der Waals surface area contributed by atoms with Gasteiger partial charge in [0.15, 0.2) is 5.82 Å². The summed E-state index contributed by atoms with van der Waals surface area (Å²) >= 11 is 0. The molecule has 1 fully saturated rings. The van der Waals surface area contributed by atoms with Crippen LogP contribution in [0, 0.1) is 5.82 Å². The zero-order valence-corrected chi connectivity index (χ0v) is 15.5. The minimum atomic E-state index is -2.75. The van der Waals surface area contributed by atoms with Crippen molar-refractivity contribution in [1.29, 1.82) is 0 Å². The summed E-state index contributed by atoms with van der Waals surface area (Å²) in [6, 6.07) is 4.89. The molecule has 5 nitrogen and oxygen atoms in total. The van der Waals surface area contributed by atoms with Crippen LogP contribution in [0.25, 0.3) is 10.9 Å². The molecule has 146 valence electrons. The number of aromatic nitrogens is 1. The normalized spacial score (nSPS) is 17.2. The Balaban J connectivity index is 2.12. The zero-order chi connectivity index (χ0) is 19.8. The minimum absolute atomic E-state index is 0.000263. The molecule has 0 saturated carbocycles. The Kier molecular flexibility index (Phi) is 5.03. The number of rotatable bonds is 4. The summed E-state index contributed by atoms with van der Waals surface area (Å²) in [6.07, 6.45) is 1.19. The molecule has 2 heterocycles. The molecular formula is C19H22F3N3O2. The molecule has 0 bridgehead atoms. The van der Waals surface area contributed by atoms with Crippen molar-refractivity contribution >= 4 is 28.7 Å². The molecule has 0 aliphatic carbocycles. The number of benzene rings is 1. The average molecular weight is 381 g/mol. The molecule has 3 rings (SSSR count). The van der Waals surface area contributed by atoms with Gasteiger partial charge in [0.25, 0.3) is 5.92 Å². The van der Waals surface area contributed by atoms with Crippen LogP contribution in [0.4, 0.5) is 24.5 Å². The molecule has 2 aromatic rings. The SMILES string of the molecule is CC(C)(C)ON(C=O)c1cc2cccnc2c(N2CCC(F)(F)CC2)c1F. The van der Waals surface area contributed by atoms with Crippen molar-refractivity contribution in [3.63, 3.8) is 0 Å². The highest BCUT2D eigenvalue weighted by molar-refractivity contribution is 5.96. The second-order valence-electron chi connectivity index (χ2n) is 7.61. The molecule has 0 radical (unpaired) electrons. The first-order chi connectivity index (χ1) is 12.6. The zero-order valence-electron chi connectivity index (χ0n) is 15.5. The van der Waals surface area contributed by atoms with Gasteiger partial charge in [0.2, 0.25) is 6.41 Å². The van der Waals surface area contributed by atoms with Crippen molar-refractivity contribution in [2.75, 3.05) is 23.1 Å². The summed E-state index contributed by atoms with van der Waals surface area (Å²) in [5.74, 6) is -3.47. The van der Waals surface area contributed by atoms with Crippen molar-refractivity contribution in [3.05, 3.63) is 30.2 Å². The van der Waals surface area contributed by atoms with E-state index in [0.717, 1.165) is 5.06 Å². The van der Waals surface area contributed by atoms with Gasteiger partial charge in [-0.15, -0.1) is 0 Å². The summed E-state index contributed by atoms with van der Waals surface area (Å²) in [6.45, 7) is 5.20. The highest BCUT2D eigenvalue weighted by atomic mass is 19.3. The lowest BCUT2D eigenvalue weighted by atomic mass is 10.0. The van der Waals surface area contributed by atoms with Crippen LogP contribution in [0.1, 0.15) is 33.6 Å². The molecule has 0 N–H and O–H groups in total. The topological polar surface area (TPSA) is 45.7 Å². The predicted octanol–water partition coefficient (Wildman–Crippen LogP) is 4.30. The van der Waals surface area contributed by atoms with E-state index in [1.807, 2.05) is 0 Å². The van der Waals surface area contributed by atoms with Gasteiger partial charge >= 0.3 is 0 Å². The number of carbonyl (C=O) groups is 1. The number of pyridine rings is 1. The summed E-state index contributed by atoms with van der Waals surface area (Å²) < 4.78 is 42.5. The lowest BCUT2D eigenvalue weighted by molar-refractivity contribution is -0.120. The van der Waals surface area contributed by atoms with Crippen LogP contribution in [-0.2, 0) is 9.63 Å². The fraction of sp³-hybridized carbons (Fsp3) is 0.474. The van der Waals surface area contributed by atoms with Crippen LogP contribution in [0.2, 0.25) is 0 Å². The van der Waals surface area contributed by atoms with Crippen LogP contribution in [0.3, 0.4) is 0 Å². The summed E-state index contributed by atoms with van der Waals surface area (Å²) in [5.41, 5.74) is -0.328. The number of alkyl halides is 2. The molecule has 8 heteroatoms. The predicted molar refractivity (Wildman–Crippen MR) is 97.5 cm³/mol. The Hall–Kier alpha value is -2.35. The number of halogens is 3. The first-order valence-electron chi connectivity index (χ1n) is 8.75. The average Bonchev–Trinajstić information content (AvgIpc) is 2.59. The van der Waals surface area contributed by atoms with E-state index in [-0.39, 0.29) is 37.3 Å². The number of nitrogens with zero attached hydrogens (tertiary/aromatic N) is 3. The maximum Gasteiger partial charge on any atom is 0.251 e. The van der Waals surface area contributed by atoms with Crippen LogP contribution in [0.5, 0.6) is 0 Å². The first-order valence-corrected chi connectivity index (χ1v) is 8.75. The number of carbonyl (C=O) groups excluding carboxylic acids is 1. The van der Waals surface area contributed by atoms with Gasteiger partial charge in [-0.1, -0.05) is 6.07 Å². The Bertz CT molecular complexity index is 842. The maximum atomic E-state index is 15.4. The van der Waals surface area contributed by atoms with Gasteiger partial charge in [0, 0.05) is 37.5 Å². The molecule has 1 aliphatic heterocycles. The molecule has 27 heavy (non-hydrogen) atoms. The molecule has 1 saturated heterocycles. The Morgan fingerprint density at radius 3 is 2.56 bits per heavy atom. The third-order valence-corrected chi connectivity index (χ3v) is 4.30. The van der Waals surface area contributed by atoms with Gasteiger partial charge < -0.3 is 4.90 Å².